The van der Waals surface area contributed by atoms with Crippen molar-refractivity contribution in [2.45, 2.75) is 24.3 Å². The van der Waals surface area contributed by atoms with Gasteiger partial charge in [-0.1, -0.05) is 12.1 Å². The number of primary sulfonamides is 1. The predicted octanol–water partition coefficient (Wildman–Crippen LogP) is -0.524. The minimum Gasteiger partial charge on any atom is -0.350 e. The van der Waals surface area contributed by atoms with Gasteiger partial charge >= 0.3 is 0 Å². The first-order valence-electron chi connectivity index (χ1n) is 6.52. The van der Waals surface area contributed by atoms with Crippen LogP contribution in [-0.4, -0.2) is 26.8 Å². The van der Waals surface area contributed by atoms with Gasteiger partial charge in [0.05, 0.1) is 11.4 Å². The van der Waals surface area contributed by atoms with Crippen LogP contribution in [-0.2, 0) is 26.2 Å². The molecule has 1 fully saturated rings. The van der Waals surface area contributed by atoms with E-state index in [1.165, 1.54) is 12.1 Å². The van der Waals surface area contributed by atoms with E-state index in [2.05, 4.69) is 10.6 Å². The van der Waals surface area contributed by atoms with Crippen LogP contribution in [0.3, 0.4) is 0 Å². The molecular formula is C13H17N3O4S. The standard InChI is InChI=1S/C13H17N3O4S/c14-21(19,20)11-5-1-9(2-6-11)7-15-12(17)8-16-13(18)10-3-4-10/h1-2,5-6,10H,3-4,7-8H2,(H,15,17)(H,16,18)(H2,14,19,20). The number of benzene rings is 1. The topological polar surface area (TPSA) is 118 Å². The van der Waals surface area contributed by atoms with Crippen LogP contribution in [0.2, 0.25) is 0 Å². The van der Waals surface area contributed by atoms with Crippen LogP contribution in [0.1, 0.15) is 18.4 Å². The molecule has 0 aromatic heterocycles. The van der Waals surface area contributed by atoms with Crippen molar-refractivity contribution in [1.82, 2.24) is 10.6 Å². The number of nitrogens with two attached hydrogens (primary N) is 1. The maximum Gasteiger partial charge on any atom is 0.239 e. The van der Waals surface area contributed by atoms with Crippen LogP contribution < -0.4 is 15.8 Å². The Morgan fingerprint density at radius 3 is 2.29 bits per heavy atom. The van der Waals surface area contributed by atoms with Crippen molar-refractivity contribution >= 4 is 21.8 Å². The Bertz CT molecular complexity index is 636. The minimum absolute atomic E-state index is 0.0225. The Kier molecular flexibility index (Phi) is 4.59. The lowest BCUT2D eigenvalue weighted by atomic mass is 10.2. The molecule has 2 amide bonds. The van der Waals surface area contributed by atoms with Crippen molar-refractivity contribution < 1.29 is 18.0 Å². The third kappa shape index (κ3) is 4.83. The molecule has 1 aliphatic rings. The Morgan fingerprint density at radius 2 is 1.76 bits per heavy atom. The highest BCUT2D eigenvalue weighted by molar-refractivity contribution is 7.89. The normalized spacial score (nSPS) is 14.5. The SMILES string of the molecule is NS(=O)(=O)c1ccc(CNC(=O)CNC(=O)C2CC2)cc1. The van der Waals surface area contributed by atoms with E-state index in [0.29, 0.717) is 0 Å². The highest BCUT2D eigenvalue weighted by Crippen LogP contribution is 2.28. The third-order valence-electron chi connectivity index (χ3n) is 3.11. The summed E-state index contributed by atoms with van der Waals surface area (Å²) in [5.41, 5.74) is 0.740. The van der Waals surface area contributed by atoms with Gasteiger partial charge < -0.3 is 10.6 Å². The third-order valence-corrected chi connectivity index (χ3v) is 4.04. The van der Waals surface area contributed by atoms with E-state index in [-0.39, 0.29) is 35.7 Å². The Balaban J connectivity index is 1.76. The molecule has 0 bridgehead atoms. The predicted molar refractivity (Wildman–Crippen MR) is 75.4 cm³/mol. The van der Waals surface area contributed by atoms with E-state index in [0.717, 1.165) is 18.4 Å². The fourth-order valence-electron chi connectivity index (χ4n) is 1.72. The molecule has 4 N–H and O–H groups in total. The maximum atomic E-state index is 11.5. The van der Waals surface area contributed by atoms with Gasteiger partial charge in [0.15, 0.2) is 0 Å². The number of hydrogen-bond acceptors (Lipinski definition) is 4. The number of carbonyl (C=O) groups excluding carboxylic acids is 2. The van der Waals surface area contributed by atoms with Crippen LogP contribution in [0.4, 0.5) is 0 Å². The van der Waals surface area contributed by atoms with Gasteiger partial charge in [-0.3, -0.25) is 9.59 Å². The first-order chi connectivity index (χ1) is 9.86. The number of nitrogens with one attached hydrogen (secondary N) is 2. The molecule has 0 radical (unpaired) electrons. The molecule has 114 valence electrons. The molecule has 1 aromatic carbocycles. The molecular weight excluding hydrogens is 294 g/mol. The lowest BCUT2D eigenvalue weighted by molar-refractivity contribution is -0.126. The maximum absolute atomic E-state index is 11.5. The zero-order chi connectivity index (χ0) is 15.5. The molecule has 1 saturated carbocycles. The summed E-state index contributed by atoms with van der Waals surface area (Å²) in [5, 5.41) is 10.2. The van der Waals surface area contributed by atoms with Crippen molar-refractivity contribution in [3.8, 4) is 0 Å². The molecule has 0 heterocycles. The lowest BCUT2D eigenvalue weighted by Gasteiger charge is -2.07. The molecule has 1 aliphatic carbocycles. The molecule has 0 aliphatic heterocycles. The van der Waals surface area contributed by atoms with E-state index < -0.39 is 10.0 Å². The van der Waals surface area contributed by atoms with Crippen molar-refractivity contribution in [3.05, 3.63) is 29.8 Å². The molecule has 0 saturated heterocycles. The highest BCUT2D eigenvalue weighted by atomic mass is 32.2. The van der Waals surface area contributed by atoms with Gasteiger partial charge in [-0.05, 0) is 30.5 Å². The Hall–Kier alpha value is -1.93. The van der Waals surface area contributed by atoms with Crippen LogP contribution >= 0.6 is 0 Å². The first kappa shape index (κ1) is 15.5. The number of amides is 2. The van der Waals surface area contributed by atoms with Crippen molar-refractivity contribution in [3.63, 3.8) is 0 Å². The fraction of sp³-hybridized carbons (Fsp3) is 0.385. The molecule has 1 aromatic rings. The van der Waals surface area contributed by atoms with E-state index in [9.17, 15) is 18.0 Å². The van der Waals surface area contributed by atoms with Crippen molar-refractivity contribution in [1.29, 1.82) is 0 Å². The second-order valence-corrected chi connectivity index (χ2v) is 6.52. The van der Waals surface area contributed by atoms with E-state index in [1.54, 1.807) is 12.1 Å². The summed E-state index contributed by atoms with van der Waals surface area (Å²) in [7, 11) is -3.71. The van der Waals surface area contributed by atoms with Gasteiger partial charge in [0.2, 0.25) is 21.8 Å². The summed E-state index contributed by atoms with van der Waals surface area (Å²) in [6, 6.07) is 5.91. The average molecular weight is 311 g/mol. The first-order valence-corrected chi connectivity index (χ1v) is 8.07. The summed E-state index contributed by atoms with van der Waals surface area (Å²) in [6.45, 7) is 0.202. The van der Waals surface area contributed by atoms with E-state index >= 15 is 0 Å². The summed E-state index contributed by atoms with van der Waals surface area (Å²) >= 11 is 0. The smallest absolute Gasteiger partial charge is 0.239 e. The molecule has 0 spiro atoms. The molecule has 8 heteroatoms. The van der Waals surface area contributed by atoms with Gasteiger partial charge in [-0.25, -0.2) is 13.6 Å². The zero-order valence-corrected chi connectivity index (χ0v) is 12.2. The van der Waals surface area contributed by atoms with Crippen molar-refractivity contribution in [2.75, 3.05) is 6.54 Å². The molecule has 2 rings (SSSR count). The molecule has 0 atom stereocenters. The Labute approximate surface area is 123 Å². The largest absolute Gasteiger partial charge is 0.350 e. The lowest BCUT2D eigenvalue weighted by Crippen LogP contribution is -2.37. The number of rotatable bonds is 6. The Morgan fingerprint density at radius 1 is 1.14 bits per heavy atom. The number of carbonyl (C=O) groups is 2. The fourth-order valence-corrected chi connectivity index (χ4v) is 2.23. The summed E-state index contributed by atoms with van der Waals surface area (Å²) in [4.78, 5) is 22.9. The molecule has 7 nitrogen and oxygen atoms in total. The molecule has 21 heavy (non-hydrogen) atoms. The quantitative estimate of drug-likeness (QED) is 0.654. The van der Waals surface area contributed by atoms with Crippen LogP contribution in [0.25, 0.3) is 0 Å². The minimum atomic E-state index is -3.71. The van der Waals surface area contributed by atoms with Crippen LogP contribution in [0, 0.1) is 5.92 Å². The number of hydrogen-bond donors (Lipinski definition) is 3. The van der Waals surface area contributed by atoms with Gasteiger partial charge in [-0.2, -0.15) is 0 Å². The number of sulfonamides is 1. The average Bonchev–Trinajstić information content (AvgIpc) is 3.26. The summed E-state index contributed by atoms with van der Waals surface area (Å²) in [6.07, 6.45) is 1.79. The second kappa shape index (κ2) is 6.23. The highest BCUT2D eigenvalue weighted by Gasteiger charge is 2.29. The second-order valence-electron chi connectivity index (χ2n) is 4.96. The van der Waals surface area contributed by atoms with Crippen LogP contribution in [0.15, 0.2) is 29.2 Å². The van der Waals surface area contributed by atoms with Gasteiger partial charge in [-0.15, -0.1) is 0 Å². The summed E-state index contributed by atoms with van der Waals surface area (Å²) < 4.78 is 22.2. The van der Waals surface area contributed by atoms with Crippen molar-refractivity contribution in [2.24, 2.45) is 11.1 Å². The molecule has 0 unspecified atom stereocenters. The zero-order valence-electron chi connectivity index (χ0n) is 11.3. The summed E-state index contributed by atoms with van der Waals surface area (Å²) in [5.74, 6) is -0.300. The van der Waals surface area contributed by atoms with E-state index in [1.807, 2.05) is 0 Å². The monoisotopic (exact) mass is 311 g/mol. The van der Waals surface area contributed by atoms with E-state index in [4.69, 9.17) is 5.14 Å². The van der Waals surface area contributed by atoms with Gasteiger partial charge in [0.1, 0.15) is 0 Å². The van der Waals surface area contributed by atoms with Gasteiger partial charge in [0.25, 0.3) is 0 Å². The van der Waals surface area contributed by atoms with Gasteiger partial charge in [0, 0.05) is 12.5 Å². The van der Waals surface area contributed by atoms with Crippen LogP contribution in [0.5, 0.6) is 0 Å².